The topological polar surface area (TPSA) is 41.5 Å². The molecule has 0 radical (unpaired) electrons. The van der Waals surface area contributed by atoms with E-state index in [-0.39, 0.29) is 12.6 Å². The van der Waals surface area contributed by atoms with Crippen molar-refractivity contribution in [2.45, 2.75) is 37.8 Å². The zero-order chi connectivity index (χ0) is 9.97. The second-order valence-electron chi connectivity index (χ2n) is 4.70. The molecule has 3 heteroatoms. The molecular formula is C11H21NO2. The molecule has 1 unspecified atom stereocenters. The third-order valence-corrected chi connectivity index (χ3v) is 3.28. The molecule has 0 heterocycles. The summed E-state index contributed by atoms with van der Waals surface area (Å²) in [4.78, 5) is 0. The fourth-order valence-corrected chi connectivity index (χ4v) is 2.19. The number of hydrogen-bond donors (Lipinski definition) is 2. The highest BCUT2D eigenvalue weighted by molar-refractivity contribution is 4.97. The molecule has 0 aromatic rings. The molecular weight excluding hydrogens is 178 g/mol. The predicted molar refractivity (Wildman–Crippen MR) is 55.1 cm³/mol. The van der Waals surface area contributed by atoms with Gasteiger partial charge in [0, 0.05) is 13.2 Å². The average Bonchev–Trinajstić information content (AvgIpc) is 3.05. The van der Waals surface area contributed by atoms with Gasteiger partial charge in [-0.3, -0.25) is 0 Å². The van der Waals surface area contributed by atoms with Crippen LogP contribution in [0.3, 0.4) is 0 Å². The van der Waals surface area contributed by atoms with Gasteiger partial charge in [-0.05, 0) is 37.5 Å². The lowest BCUT2D eigenvalue weighted by atomic mass is 10.1. The van der Waals surface area contributed by atoms with Crippen LogP contribution in [0.25, 0.3) is 0 Å². The summed E-state index contributed by atoms with van der Waals surface area (Å²) in [6.45, 7) is 0.802. The van der Waals surface area contributed by atoms with Crippen LogP contribution in [-0.4, -0.2) is 37.5 Å². The molecule has 2 N–H and O–H groups in total. The van der Waals surface area contributed by atoms with Gasteiger partial charge in [-0.2, -0.15) is 0 Å². The summed E-state index contributed by atoms with van der Waals surface area (Å²) in [5.41, 5.74) is 0. The van der Waals surface area contributed by atoms with Gasteiger partial charge in [0.15, 0.2) is 0 Å². The molecule has 0 aromatic carbocycles. The molecule has 0 aliphatic heterocycles. The number of nitrogens with one attached hydrogen (secondary N) is 1. The van der Waals surface area contributed by atoms with E-state index >= 15 is 0 Å². The first-order valence-electron chi connectivity index (χ1n) is 5.71. The number of aliphatic hydroxyl groups excluding tert-OH is 1. The summed E-state index contributed by atoms with van der Waals surface area (Å²) >= 11 is 0. The number of rotatable bonds is 7. The zero-order valence-corrected chi connectivity index (χ0v) is 8.91. The molecule has 14 heavy (non-hydrogen) atoms. The Balaban J connectivity index is 1.78. The molecule has 2 aliphatic carbocycles. The maximum Gasteiger partial charge on any atom is 0.0638 e. The van der Waals surface area contributed by atoms with E-state index in [1.165, 1.54) is 25.7 Å². The molecule has 0 aromatic heterocycles. The molecule has 0 saturated heterocycles. The monoisotopic (exact) mass is 199 g/mol. The Morgan fingerprint density at radius 1 is 1.29 bits per heavy atom. The third-order valence-electron chi connectivity index (χ3n) is 3.28. The third kappa shape index (κ3) is 2.69. The minimum absolute atomic E-state index is 0.131. The Morgan fingerprint density at radius 2 is 1.86 bits per heavy atom. The number of hydrogen-bond acceptors (Lipinski definition) is 3. The van der Waals surface area contributed by atoms with Gasteiger partial charge in [0.05, 0.1) is 19.3 Å². The van der Waals surface area contributed by atoms with Gasteiger partial charge < -0.3 is 15.2 Å². The van der Waals surface area contributed by atoms with E-state index in [0.717, 1.165) is 11.8 Å². The van der Waals surface area contributed by atoms with Crippen LogP contribution >= 0.6 is 0 Å². The standard InChI is InChI=1S/C11H21NO2/c1-14-7-10(6-13)12-11(8-2-3-8)9-4-5-9/h8-13H,2-7H2,1H3. The number of aliphatic hydroxyl groups is 1. The van der Waals surface area contributed by atoms with Crippen LogP contribution in [0.4, 0.5) is 0 Å². The van der Waals surface area contributed by atoms with Crippen LogP contribution < -0.4 is 5.32 Å². The van der Waals surface area contributed by atoms with E-state index in [1.807, 2.05) is 0 Å². The highest BCUT2D eigenvalue weighted by Crippen LogP contribution is 2.44. The van der Waals surface area contributed by atoms with Gasteiger partial charge in [-0.25, -0.2) is 0 Å². The van der Waals surface area contributed by atoms with Crippen LogP contribution in [0.5, 0.6) is 0 Å². The predicted octanol–water partition coefficient (Wildman–Crippen LogP) is 0.772. The second kappa shape index (κ2) is 4.60. The molecule has 2 aliphatic rings. The molecule has 82 valence electrons. The lowest BCUT2D eigenvalue weighted by molar-refractivity contribution is 0.117. The van der Waals surface area contributed by atoms with Crippen molar-refractivity contribution in [3.63, 3.8) is 0 Å². The van der Waals surface area contributed by atoms with E-state index in [2.05, 4.69) is 5.32 Å². The SMILES string of the molecule is COCC(CO)NC(C1CC1)C1CC1. The number of methoxy groups -OCH3 is 1. The first-order valence-corrected chi connectivity index (χ1v) is 5.71. The van der Waals surface area contributed by atoms with Crippen molar-refractivity contribution < 1.29 is 9.84 Å². The normalized spacial score (nSPS) is 24.2. The molecule has 3 nitrogen and oxygen atoms in total. The summed E-state index contributed by atoms with van der Waals surface area (Å²) in [7, 11) is 1.69. The van der Waals surface area contributed by atoms with Crippen LogP contribution in [-0.2, 0) is 4.74 Å². The summed E-state index contributed by atoms with van der Waals surface area (Å²) in [6, 6.07) is 0.786. The minimum atomic E-state index is 0.131. The lowest BCUT2D eigenvalue weighted by Crippen LogP contribution is -2.45. The fraction of sp³-hybridized carbons (Fsp3) is 1.00. The Morgan fingerprint density at radius 3 is 2.21 bits per heavy atom. The maximum absolute atomic E-state index is 9.17. The van der Waals surface area contributed by atoms with Gasteiger partial charge in [-0.1, -0.05) is 0 Å². The van der Waals surface area contributed by atoms with Crippen molar-refractivity contribution in [2.24, 2.45) is 11.8 Å². The fourth-order valence-electron chi connectivity index (χ4n) is 2.19. The van der Waals surface area contributed by atoms with Crippen molar-refractivity contribution in [3.8, 4) is 0 Å². The van der Waals surface area contributed by atoms with E-state index in [9.17, 15) is 0 Å². The quantitative estimate of drug-likeness (QED) is 0.636. The van der Waals surface area contributed by atoms with E-state index in [4.69, 9.17) is 9.84 Å². The molecule has 0 bridgehead atoms. The van der Waals surface area contributed by atoms with E-state index < -0.39 is 0 Å². The average molecular weight is 199 g/mol. The Kier molecular flexibility index (Phi) is 3.42. The zero-order valence-electron chi connectivity index (χ0n) is 8.91. The Labute approximate surface area is 85.8 Å². The smallest absolute Gasteiger partial charge is 0.0638 e. The maximum atomic E-state index is 9.17. The van der Waals surface area contributed by atoms with Gasteiger partial charge in [0.2, 0.25) is 0 Å². The first kappa shape index (κ1) is 10.4. The van der Waals surface area contributed by atoms with Gasteiger partial charge in [0.25, 0.3) is 0 Å². The second-order valence-corrected chi connectivity index (χ2v) is 4.70. The van der Waals surface area contributed by atoms with Crippen molar-refractivity contribution in [2.75, 3.05) is 20.3 Å². The van der Waals surface area contributed by atoms with Crippen molar-refractivity contribution in [3.05, 3.63) is 0 Å². The summed E-state index contributed by atoms with van der Waals surface area (Å²) in [5, 5.41) is 12.7. The number of ether oxygens (including phenoxy) is 1. The van der Waals surface area contributed by atoms with Gasteiger partial charge in [0.1, 0.15) is 0 Å². The van der Waals surface area contributed by atoms with Crippen molar-refractivity contribution in [1.82, 2.24) is 5.32 Å². The molecule has 0 spiro atoms. The highest BCUT2D eigenvalue weighted by atomic mass is 16.5. The molecule has 1 atom stereocenters. The van der Waals surface area contributed by atoms with Crippen LogP contribution in [0.2, 0.25) is 0 Å². The van der Waals surface area contributed by atoms with Gasteiger partial charge >= 0.3 is 0 Å². The Bertz CT molecular complexity index is 166. The summed E-state index contributed by atoms with van der Waals surface area (Å²) in [5.74, 6) is 1.77. The molecule has 0 amide bonds. The van der Waals surface area contributed by atoms with Crippen molar-refractivity contribution in [1.29, 1.82) is 0 Å². The lowest BCUT2D eigenvalue weighted by Gasteiger charge is -2.24. The van der Waals surface area contributed by atoms with E-state index in [0.29, 0.717) is 12.6 Å². The molecule has 2 saturated carbocycles. The minimum Gasteiger partial charge on any atom is -0.395 e. The molecule has 2 rings (SSSR count). The summed E-state index contributed by atoms with van der Waals surface area (Å²) in [6.07, 6.45) is 5.50. The van der Waals surface area contributed by atoms with E-state index in [1.54, 1.807) is 7.11 Å². The first-order chi connectivity index (χ1) is 6.85. The van der Waals surface area contributed by atoms with Crippen molar-refractivity contribution >= 4 is 0 Å². The summed E-state index contributed by atoms with van der Waals surface area (Å²) < 4.78 is 5.07. The largest absolute Gasteiger partial charge is 0.395 e. The molecule has 2 fully saturated rings. The Hall–Kier alpha value is -0.120. The van der Waals surface area contributed by atoms with Gasteiger partial charge in [-0.15, -0.1) is 0 Å². The van der Waals surface area contributed by atoms with Crippen LogP contribution in [0, 0.1) is 11.8 Å². The van der Waals surface area contributed by atoms with Crippen LogP contribution in [0.15, 0.2) is 0 Å². The van der Waals surface area contributed by atoms with Crippen LogP contribution in [0.1, 0.15) is 25.7 Å². The highest BCUT2D eigenvalue weighted by Gasteiger charge is 2.41.